The highest BCUT2D eigenvalue weighted by Crippen LogP contribution is 2.31. The van der Waals surface area contributed by atoms with Crippen molar-refractivity contribution in [3.05, 3.63) is 39.7 Å². The Morgan fingerprint density at radius 1 is 1.23 bits per heavy atom. The number of aryl methyl sites for hydroxylation is 2. The van der Waals surface area contributed by atoms with E-state index in [4.69, 9.17) is 4.74 Å². The van der Waals surface area contributed by atoms with Gasteiger partial charge < -0.3 is 19.7 Å². The van der Waals surface area contributed by atoms with Crippen LogP contribution in [-0.4, -0.2) is 59.9 Å². The first-order valence-electron chi connectivity index (χ1n) is 9.12. The molecule has 0 bridgehead atoms. The second kappa shape index (κ2) is 7.09. The zero-order valence-electron chi connectivity index (χ0n) is 14.7. The number of carbonyl (C=O) groups excluding carboxylic acids is 1. The lowest BCUT2D eigenvalue weighted by Crippen LogP contribution is -2.42. The number of rotatable bonds is 4. The molecule has 1 aromatic heterocycles. The van der Waals surface area contributed by atoms with Crippen LogP contribution < -0.4 is 10.9 Å². The molecule has 0 spiro atoms. The minimum atomic E-state index is -0.512. The van der Waals surface area contributed by atoms with E-state index in [0.717, 1.165) is 37.0 Å². The van der Waals surface area contributed by atoms with Crippen molar-refractivity contribution in [2.45, 2.75) is 19.4 Å². The van der Waals surface area contributed by atoms with E-state index in [2.05, 4.69) is 10.2 Å². The number of aromatic nitrogens is 1. The lowest BCUT2D eigenvalue weighted by Gasteiger charge is -2.26. The summed E-state index contributed by atoms with van der Waals surface area (Å²) in [5, 5.41) is 14.0. The fraction of sp³-hybridized carbons (Fsp3) is 0.474. The highest BCUT2D eigenvalue weighted by molar-refractivity contribution is 6.02. The molecule has 1 fully saturated rings. The molecule has 1 aromatic carbocycles. The normalized spacial score (nSPS) is 17.4. The number of hydrogen-bond acceptors (Lipinski definition) is 5. The average Bonchev–Trinajstić information content (AvgIpc) is 2.67. The first kappa shape index (κ1) is 17.1. The summed E-state index contributed by atoms with van der Waals surface area (Å²) in [6.45, 7) is 4.77. The molecule has 2 aliphatic rings. The van der Waals surface area contributed by atoms with Gasteiger partial charge in [-0.1, -0.05) is 12.1 Å². The van der Waals surface area contributed by atoms with Crippen molar-refractivity contribution in [1.82, 2.24) is 14.8 Å². The Hall–Kier alpha value is -2.38. The topological polar surface area (TPSA) is 83.8 Å². The van der Waals surface area contributed by atoms with Crippen molar-refractivity contribution in [2.75, 3.05) is 39.4 Å². The van der Waals surface area contributed by atoms with Gasteiger partial charge in [0, 0.05) is 38.1 Å². The van der Waals surface area contributed by atoms with Gasteiger partial charge in [0.1, 0.15) is 11.3 Å². The predicted octanol–water partition coefficient (Wildman–Crippen LogP) is 0.715. The number of morpholine rings is 1. The van der Waals surface area contributed by atoms with Crippen LogP contribution >= 0.6 is 0 Å². The Balaban J connectivity index is 1.60. The van der Waals surface area contributed by atoms with Crippen LogP contribution in [0.2, 0.25) is 0 Å². The zero-order chi connectivity index (χ0) is 18.1. The Labute approximate surface area is 151 Å². The summed E-state index contributed by atoms with van der Waals surface area (Å²) >= 11 is 0. The minimum Gasteiger partial charge on any atom is -0.506 e. The molecule has 4 rings (SSSR count). The molecule has 0 atom stereocenters. The largest absolute Gasteiger partial charge is 0.506 e. The molecule has 1 saturated heterocycles. The van der Waals surface area contributed by atoms with Crippen LogP contribution in [0.4, 0.5) is 0 Å². The third-order valence-electron chi connectivity index (χ3n) is 5.21. The van der Waals surface area contributed by atoms with Crippen molar-refractivity contribution >= 4 is 16.8 Å². The third-order valence-corrected chi connectivity index (χ3v) is 5.21. The molecule has 2 aromatic rings. The Kier molecular flexibility index (Phi) is 4.65. The van der Waals surface area contributed by atoms with Gasteiger partial charge in [-0.05, 0) is 24.5 Å². The van der Waals surface area contributed by atoms with Crippen LogP contribution in [0.25, 0.3) is 10.9 Å². The Bertz CT molecular complexity index is 900. The molecular weight excluding hydrogens is 334 g/mol. The molecule has 0 saturated carbocycles. The number of aromatic hydroxyl groups is 1. The van der Waals surface area contributed by atoms with Crippen LogP contribution in [0, 0.1) is 0 Å². The first-order valence-corrected chi connectivity index (χ1v) is 9.12. The molecule has 7 nitrogen and oxygen atoms in total. The van der Waals surface area contributed by atoms with Crippen LogP contribution in [-0.2, 0) is 17.7 Å². The van der Waals surface area contributed by atoms with Crippen molar-refractivity contribution < 1.29 is 14.6 Å². The van der Waals surface area contributed by atoms with Gasteiger partial charge in [-0.3, -0.25) is 14.5 Å². The van der Waals surface area contributed by atoms with E-state index in [9.17, 15) is 14.7 Å². The van der Waals surface area contributed by atoms with E-state index in [1.165, 1.54) is 0 Å². The summed E-state index contributed by atoms with van der Waals surface area (Å²) in [6, 6.07) is 5.59. The van der Waals surface area contributed by atoms with Crippen molar-refractivity contribution in [3.63, 3.8) is 0 Å². The van der Waals surface area contributed by atoms with Crippen molar-refractivity contribution in [3.8, 4) is 5.75 Å². The van der Waals surface area contributed by atoms with Crippen LogP contribution in [0.3, 0.4) is 0 Å². The van der Waals surface area contributed by atoms with Gasteiger partial charge in [-0.25, -0.2) is 0 Å². The van der Waals surface area contributed by atoms with Crippen molar-refractivity contribution in [1.29, 1.82) is 0 Å². The number of hydrogen-bond donors (Lipinski definition) is 2. The van der Waals surface area contributed by atoms with E-state index in [1.807, 2.05) is 12.1 Å². The van der Waals surface area contributed by atoms with Gasteiger partial charge >= 0.3 is 0 Å². The van der Waals surface area contributed by atoms with E-state index >= 15 is 0 Å². The Morgan fingerprint density at radius 3 is 2.85 bits per heavy atom. The summed E-state index contributed by atoms with van der Waals surface area (Å²) in [5.41, 5.74) is 1.23. The maximum Gasteiger partial charge on any atom is 0.267 e. The standard InChI is InChI=1S/C19H23N3O4/c23-17-14-5-1-3-13-4-2-7-22(16(13)14)19(25)15(17)18(24)20-6-8-21-9-11-26-12-10-21/h1,3,5,23H,2,4,6-12H2,(H,20,24). The minimum absolute atomic E-state index is 0.154. The Morgan fingerprint density at radius 2 is 2.04 bits per heavy atom. The summed E-state index contributed by atoms with van der Waals surface area (Å²) in [6.07, 6.45) is 1.73. The van der Waals surface area contributed by atoms with Crippen LogP contribution in [0.1, 0.15) is 22.3 Å². The molecule has 3 heterocycles. The average molecular weight is 357 g/mol. The molecule has 138 valence electrons. The van der Waals surface area contributed by atoms with Crippen LogP contribution in [0.5, 0.6) is 5.75 Å². The number of amides is 1. The fourth-order valence-corrected chi connectivity index (χ4v) is 3.86. The second-order valence-electron chi connectivity index (χ2n) is 6.81. The van der Waals surface area contributed by atoms with E-state index in [-0.39, 0.29) is 11.3 Å². The smallest absolute Gasteiger partial charge is 0.267 e. The second-order valence-corrected chi connectivity index (χ2v) is 6.81. The summed E-state index contributed by atoms with van der Waals surface area (Å²) in [5.74, 6) is -0.726. The quantitative estimate of drug-likeness (QED) is 0.842. The van der Waals surface area contributed by atoms with Gasteiger partial charge in [0.15, 0.2) is 0 Å². The van der Waals surface area contributed by atoms with Gasteiger partial charge in [0.05, 0.1) is 18.7 Å². The monoisotopic (exact) mass is 357 g/mol. The maximum atomic E-state index is 12.8. The number of nitrogens with one attached hydrogen (secondary N) is 1. The fourth-order valence-electron chi connectivity index (χ4n) is 3.86. The summed E-state index contributed by atoms with van der Waals surface area (Å²) < 4.78 is 6.93. The van der Waals surface area contributed by atoms with E-state index in [1.54, 1.807) is 10.6 Å². The number of carbonyl (C=O) groups is 1. The number of ether oxygens (including phenoxy) is 1. The van der Waals surface area contributed by atoms with Gasteiger partial charge in [0.2, 0.25) is 0 Å². The summed E-state index contributed by atoms with van der Waals surface area (Å²) in [4.78, 5) is 27.7. The number of benzene rings is 1. The maximum absolute atomic E-state index is 12.8. The molecule has 1 amide bonds. The molecule has 7 heteroatoms. The van der Waals surface area contributed by atoms with E-state index < -0.39 is 11.5 Å². The molecule has 0 aliphatic carbocycles. The molecule has 0 unspecified atom stereocenters. The molecule has 2 aliphatic heterocycles. The van der Waals surface area contributed by atoms with Crippen molar-refractivity contribution in [2.24, 2.45) is 0 Å². The molecular formula is C19H23N3O4. The highest BCUT2D eigenvalue weighted by atomic mass is 16.5. The summed E-state index contributed by atoms with van der Waals surface area (Å²) in [7, 11) is 0. The SMILES string of the molecule is O=C(NCCN1CCOCC1)c1c(O)c2cccc3c2n(c1=O)CCC3. The number of para-hydroxylation sites is 1. The van der Waals surface area contributed by atoms with Gasteiger partial charge in [-0.15, -0.1) is 0 Å². The number of pyridine rings is 1. The molecule has 0 radical (unpaired) electrons. The predicted molar refractivity (Wildman–Crippen MR) is 97.8 cm³/mol. The van der Waals surface area contributed by atoms with Crippen LogP contribution in [0.15, 0.2) is 23.0 Å². The van der Waals surface area contributed by atoms with Gasteiger partial charge in [0.25, 0.3) is 11.5 Å². The highest BCUT2D eigenvalue weighted by Gasteiger charge is 2.25. The first-order chi connectivity index (χ1) is 12.7. The molecule has 26 heavy (non-hydrogen) atoms. The molecule has 2 N–H and O–H groups in total. The lowest BCUT2D eigenvalue weighted by molar-refractivity contribution is 0.0383. The van der Waals surface area contributed by atoms with Gasteiger partial charge in [-0.2, -0.15) is 0 Å². The third kappa shape index (κ3) is 2.97. The zero-order valence-corrected chi connectivity index (χ0v) is 14.7. The van der Waals surface area contributed by atoms with E-state index in [0.29, 0.717) is 38.2 Å². The lowest BCUT2D eigenvalue weighted by atomic mass is 9.99. The number of nitrogens with zero attached hydrogens (tertiary/aromatic N) is 2.